The molecule has 1 heterocycles. The molecule has 0 aliphatic rings. The van der Waals surface area contributed by atoms with Gasteiger partial charge < -0.3 is 24.1 Å². The van der Waals surface area contributed by atoms with Crippen molar-refractivity contribution in [2.24, 2.45) is 0 Å². The molecule has 0 aliphatic carbocycles. The van der Waals surface area contributed by atoms with Crippen LogP contribution in [-0.4, -0.2) is 22.4 Å². The molecule has 3 aromatic rings. The van der Waals surface area contributed by atoms with Gasteiger partial charge in [0.15, 0.2) is 23.0 Å². The summed E-state index contributed by atoms with van der Waals surface area (Å²) in [5.74, 6) is 0.838. The fraction of sp³-hybridized carbons (Fsp3) is 0.333. The Morgan fingerprint density at radius 3 is 1.48 bits per heavy atom. The summed E-state index contributed by atoms with van der Waals surface area (Å²) < 4.78 is 16.9. The van der Waals surface area contributed by atoms with Crippen molar-refractivity contribution in [1.82, 2.24) is 0 Å². The minimum atomic E-state index is -0.0552. The number of hydrogen-bond acceptors (Lipinski definition) is 5. The Kier molecular flexibility index (Phi) is 3.72. The number of benzene rings is 2. The first-order valence-electron chi connectivity index (χ1n) is 7.60. The second-order valence-corrected chi connectivity index (χ2v) is 6.07. The molecule has 0 bridgehead atoms. The lowest BCUT2D eigenvalue weighted by molar-refractivity contribution is 0.232. The second kappa shape index (κ2) is 5.57. The van der Waals surface area contributed by atoms with Gasteiger partial charge in [-0.1, -0.05) is 0 Å². The van der Waals surface area contributed by atoms with Gasteiger partial charge in [-0.2, -0.15) is 0 Å². The van der Waals surface area contributed by atoms with Crippen molar-refractivity contribution in [2.45, 2.75) is 39.9 Å². The Hall–Kier alpha value is -2.56. The molecule has 0 unspecified atom stereocenters. The summed E-state index contributed by atoms with van der Waals surface area (Å²) in [5, 5.41) is 21.7. The summed E-state index contributed by atoms with van der Waals surface area (Å²) >= 11 is 0. The normalized spacial score (nSPS) is 11.7. The average molecular weight is 316 g/mol. The lowest BCUT2D eigenvalue weighted by Crippen LogP contribution is -2.05. The molecular weight excluding hydrogens is 296 g/mol. The van der Waals surface area contributed by atoms with Crippen LogP contribution < -0.4 is 9.47 Å². The third kappa shape index (κ3) is 2.86. The number of ether oxygens (including phenoxy) is 2. The molecule has 0 fully saturated rings. The van der Waals surface area contributed by atoms with Gasteiger partial charge in [-0.15, -0.1) is 0 Å². The van der Waals surface area contributed by atoms with E-state index in [1.807, 2.05) is 27.7 Å². The van der Waals surface area contributed by atoms with E-state index in [1.54, 1.807) is 12.1 Å². The van der Waals surface area contributed by atoms with E-state index in [2.05, 4.69) is 0 Å². The summed E-state index contributed by atoms with van der Waals surface area (Å²) in [5.41, 5.74) is 1.05. The quantitative estimate of drug-likeness (QED) is 0.737. The van der Waals surface area contributed by atoms with Crippen molar-refractivity contribution < 1.29 is 24.1 Å². The highest BCUT2D eigenvalue weighted by atomic mass is 16.5. The molecule has 23 heavy (non-hydrogen) atoms. The number of fused-ring (bicyclic) bond motifs is 3. The fourth-order valence-corrected chi connectivity index (χ4v) is 2.50. The topological polar surface area (TPSA) is 72.1 Å². The fourth-order valence-electron chi connectivity index (χ4n) is 2.50. The first-order valence-corrected chi connectivity index (χ1v) is 7.60. The van der Waals surface area contributed by atoms with Gasteiger partial charge in [0.05, 0.1) is 12.2 Å². The molecule has 0 amide bonds. The summed E-state index contributed by atoms with van der Waals surface area (Å²) in [6.45, 7) is 7.57. The van der Waals surface area contributed by atoms with E-state index in [-0.39, 0.29) is 23.7 Å². The summed E-state index contributed by atoms with van der Waals surface area (Å²) in [6.07, 6.45) is -0.110. The van der Waals surface area contributed by atoms with Crippen LogP contribution in [-0.2, 0) is 0 Å². The molecule has 0 radical (unpaired) electrons. The molecule has 0 atom stereocenters. The predicted molar refractivity (Wildman–Crippen MR) is 88.6 cm³/mol. The highest BCUT2D eigenvalue weighted by molar-refractivity contribution is 6.07. The van der Waals surface area contributed by atoms with Gasteiger partial charge in [-0.05, 0) is 39.8 Å². The molecule has 2 aromatic carbocycles. The van der Waals surface area contributed by atoms with Gasteiger partial charge in [0.1, 0.15) is 11.2 Å². The Morgan fingerprint density at radius 2 is 1.13 bits per heavy atom. The van der Waals surface area contributed by atoms with E-state index in [0.29, 0.717) is 22.7 Å². The lowest BCUT2D eigenvalue weighted by Gasteiger charge is -2.11. The zero-order chi connectivity index (χ0) is 16.7. The molecule has 1 aromatic heterocycles. The van der Waals surface area contributed by atoms with E-state index in [4.69, 9.17) is 13.9 Å². The maximum absolute atomic E-state index is 10.1. The van der Waals surface area contributed by atoms with Crippen molar-refractivity contribution in [1.29, 1.82) is 0 Å². The van der Waals surface area contributed by atoms with Crippen molar-refractivity contribution in [2.75, 3.05) is 0 Å². The average Bonchev–Trinajstić information content (AvgIpc) is 2.75. The van der Waals surface area contributed by atoms with Crippen LogP contribution in [0, 0.1) is 0 Å². The number of phenolic OH excluding ortho intramolecular Hbond substituents is 2. The van der Waals surface area contributed by atoms with Crippen LogP contribution in [0.5, 0.6) is 23.0 Å². The Bertz CT molecular complexity index is 791. The molecule has 3 rings (SSSR count). The van der Waals surface area contributed by atoms with Crippen LogP contribution in [0.2, 0.25) is 0 Å². The monoisotopic (exact) mass is 316 g/mol. The van der Waals surface area contributed by atoms with Crippen molar-refractivity contribution in [3.05, 3.63) is 24.3 Å². The molecule has 5 nitrogen and oxygen atoms in total. The molecule has 2 N–H and O–H groups in total. The Labute approximate surface area is 134 Å². The summed E-state index contributed by atoms with van der Waals surface area (Å²) in [4.78, 5) is 0. The Balaban J connectivity index is 2.21. The molecule has 5 heteroatoms. The molecular formula is C18H20O5. The van der Waals surface area contributed by atoms with Crippen LogP contribution in [0.4, 0.5) is 0 Å². The van der Waals surface area contributed by atoms with E-state index in [9.17, 15) is 10.2 Å². The first kappa shape index (κ1) is 15.3. The second-order valence-electron chi connectivity index (χ2n) is 6.07. The first-order chi connectivity index (χ1) is 10.8. The van der Waals surface area contributed by atoms with Gasteiger partial charge in [0.25, 0.3) is 0 Å². The van der Waals surface area contributed by atoms with Gasteiger partial charge in [-0.25, -0.2) is 0 Å². The number of furan rings is 1. The molecule has 0 saturated carbocycles. The van der Waals surface area contributed by atoms with E-state index in [1.165, 1.54) is 12.1 Å². The van der Waals surface area contributed by atoms with Crippen LogP contribution in [0.25, 0.3) is 21.9 Å². The number of hydrogen-bond donors (Lipinski definition) is 2. The van der Waals surface area contributed by atoms with Crippen molar-refractivity contribution >= 4 is 21.9 Å². The van der Waals surface area contributed by atoms with Crippen LogP contribution in [0.3, 0.4) is 0 Å². The summed E-state index contributed by atoms with van der Waals surface area (Å²) in [6, 6.07) is 6.53. The number of phenols is 2. The minimum absolute atomic E-state index is 0.0214. The third-order valence-electron chi connectivity index (χ3n) is 3.36. The number of rotatable bonds is 4. The predicted octanol–water partition coefficient (Wildman–Crippen LogP) is 4.57. The number of aromatic hydroxyl groups is 2. The van der Waals surface area contributed by atoms with Crippen LogP contribution >= 0.6 is 0 Å². The van der Waals surface area contributed by atoms with Crippen molar-refractivity contribution in [3.63, 3.8) is 0 Å². The van der Waals surface area contributed by atoms with Gasteiger partial charge in [-0.3, -0.25) is 0 Å². The van der Waals surface area contributed by atoms with Gasteiger partial charge in [0.2, 0.25) is 0 Å². The minimum Gasteiger partial charge on any atom is -0.504 e. The highest BCUT2D eigenvalue weighted by Crippen LogP contribution is 2.41. The smallest absolute Gasteiger partial charge is 0.162 e. The standard InChI is InChI=1S/C18H20O5/c1-9(2)21-17-5-11-12-6-18(22-10(3)4)14(20)8-16(12)23-15(11)7-13(17)19/h5-10,19-20H,1-4H3. The van der Waals surface area contributed by atoms with Crippen molar-refractivity contribution in [3.8, 4) is 23.0 Å². The van der Waals surface area contributed by atoms with Crippen LogP contribution in [0.15, 0.2) is 28.7 Å². The van der Waals surface area contributed by atoms with E-state index >= 15 is 0 Å². The lowest BCUT2D eigenvalue weighted by atomic mass is 10.1. The van der Waals surface area contributed by atoms with Gasteiger partial charge >= 0.3 is 0 Å². The SMILES string of the molecule is CC(C)Oc1cc2c(cc1O)oc1cc(O)c(OC(C)C)cc12. The van der Waals surface area contributed by atoms with Gasteiger partial charge in [0, 0.05) is 22.9 Å². The van der Waals surface area contributed by atoms with E-state index < -0.39 is 0 Å². The maximum Gasteiger partial charge on any atom is 0.162 e. The van der Waals surface area contributed by atoms with E-state index in [0.717, 1.165) is 10.8 Å². The molecule has 0 saturated heterocycles. The zero-order valence-corrected chi connectivity index (χ0v) is 13.6. The summed E-state index contributed by atoms with van der Waals surface area (Å²) in [7, 11) is 0. The Morgan fingerprint density at radius 1 is 0.739 bits per heavy atom. The highest BCUT2D eigenvalue weighted by Gasteiger charge is 2.16. The zero-order valence-electron chi connectivity index (χ0n) is 13.6. The molecule has 0 spiro atoms. The third-order valence-corrected chi connectivity index (χ3v) is 3.36. The van der Waals surface area contributed by atoms with Crippen LogP contribution in [0.1, 0.15) is 27.7 Å². The molecule has 122 valence electrons. The molecule has 0 aliphatic heterocycles. The maximum atomic E-state index is 10.1. The largest absolute Gasteiger partial charge is 0.504 e.